The van der Waals surface area contributed by atoms with E-state index in [0.717, 1.165) is 0 Å². The van der Waals surface area contributed by atoms with E-state index in [1.54, 1.807) is 0 Å². The second kappa shape index (κ2) is 2.77. The summed E-state index contributed by atoms with van der Waals surface area (Å²) < 4.78 is 5.22. The van der Waals surface area contributed by atoms with E-state index < -0.39 is 0 Å². The molecule has 1 N–H and O–H groups in total. The molecule has 2 heterocycles. The monoisotopic (exact) mass is 163 g/mol. The summed E-state index contributed by atoms with van der Waals surface area (Å²) in [6, 6.07) is 0. The molecule has 0 fully saturated rings. The Morgan fingerprint density at radius 3 is 3.33 bits per heavy atom. The van der Waals surface area contributed by atoms with Crippen molar-refractivity contribution in [2.75, 3.05) is 6.61 Å². The topological polar surface area (TPSA) is 63.7 Å². The average molecular weight is 163 g/mol. The predicted octanol–water partition coefficient (Wildman–Crippen LogP) is 0.552. The maximum absolute atomic E-state index is 5.22. The maximum atomic E-state index is 5.22. The van der Waals surface area contributed by atoms with Gasteiger partial charge in [0.25, 0.3) is 0 Å². The van der Waals surface area contributed by atoms with Crippen molar-refractivity contribution in [3.63, 3.8) is 0 Å². The molecule has 2 rings (SSSR count). The van der Waals surface area contributed by atoms with Gasteiger partial charge >= 0.3 is 0 Å². The van der Waals surface area contributed by atoms with Gasteiger partial charge in [0.2, 0.25) is 5.88 Å². The summed E-state index contributed by atoms with van der Waals surface area (Å²) >= 11 is 0. The summed E-state index contributed by atoms with van der Waals surface area (Å²) in [5.41, 5.74) is 1.27. The molecule has 2 aromatic heterocycles. The molecular weight excluding hydrogens is 156 g/mol. The number of nitrogens with one attached hydrogen (secondary N) is 1. The minimum absolute atomic E-state index is 0.500. The average Bonchev–Trinajstić information content (AvgIpc) is 2.53. The van der Waals surface area contributed by atoms with Gasteiger partial charge in [0.15, 0.2) is 17.5 Å². The molecule has 5 nitrogen and oxygen atoms in total. The van der Waals surface area contributed by atoms with Gasteiger partial charge in [0.1, 0.15) is 6.33 Å². The van der Waals surface area contributed by atoms with Gasteiger partial charge in [-0.1, -0.05) is 0 Å². The van der Waals surface area contributed by atoms with Gasteiger partial charge in [0.05, 0.1) is 6.61 Å². The molecule has 0 amide bonds. The van der Waals surface area contributed by atoms with Crippen molar-refractivity contribution in [1.29, 1.82) is 0 Å². The van der Waals surface area contributed by atoms with Crippen LogP contribution in [0.2, 0.25) is 0 Å². The largest absolute Gasteiger partial charge is 0.476 e. The third-order valence-electron chi connectivity index (χ3n) is 1.41. The van der Waals surface area contributed by atoms with Crippen LogP contribution in [0.15, 0.2) is 6.33 Å². The highest BCUT2D eigenvalue weighted by molar-refractivity contribution is 5.74. The summed E-state index contributed by atoms with van der Waals surface area (Å²) in [5.74, 6) is 0.500. The second-order valence-electron chi connectivity index (χ2n) is 2.16. The molecule has 0 spiro atoms. The smallest absolute Gasteiger partial charge is 0.245 e. The summed E-state index contributed by atoms with van der Waals surface area (Å²) in [5, 5.41) is 0. The van der Waals surface area contributed by atoms with Crippen LogP contribution in [0.1, 0.15) is 6.92 Å². The van der Waals surface area contributed by atoms with Gasteiger partial charge in [-0.3, -0.25) is 0 Å². The van der Waals surface area contributed by atoms with Crippen LogP contribution < -0.4 is 4.74 Å². The molecule has 12 heavy (non-hydrogen) atoms. The van der Waals surface area contributed by atoms with Gasteiger partial charge in [-0.05, 0) is 6.92 Å². The molecule has 61 valence electrons. The Bertz CT molecular complexity index is 384. The number of hydrogen-bond donors (Lipinski definition) is 1. The zero-order valence-electron chi connectivity index (χ0n) is 6.53. The van der Waals surface area contributed by atoms with Gasteiger partial charge in [-0.25, -0.2) is 9.97 Å². The Hall–Kier alpha value is -1.65. The quantitative estimate of drug-likeness (QED) is 0.702. The van der Waals surface area contributed by atoms with E-state index in [9.17, 15) is 0 Å². The van der Waals surface area contributed by atoms with Crippen LogP contribution in [-0.4, -0.2) is 26.5 Å². The lowest BCUT2D eigenvalue weighted by Crippen LogP contribution is -1.95. The number of nitrogens with zero attached hydrogens (tertiary/aromatic N) is 3. The molecule has 0 aliphatic rings. The molecule has 0 unspecified atom stereocenters. The van der Waals surface area contributed by atoms with E-state index in [-0.39, 0.29) is 0 Å². The molecule has 0 aliphatic heterocycles. The van der Waals surface area contributed by atoms with E-state index in [1.807, 2.05) is 6.92 Å². The standard InChI is InChI=1S/C7H7N4O/c1-2-12-7-5-6(9-3-8-5)10-4-11-7/h4H,2H2,1H3,(H,8,9,10,11). The lowest BCUT2D eigenvalue weighted by Gasteiger charge is -1.99. The minimum Gasteiger partial charge on any atom is -0.476 e. The van der Waals surface area contributed by atoms with Crippen LogP contribution in [0.5, 0.6) is 5.88 Å². The highest BCUT2D eigenvalue weighted by atomic mass is 16.5. The first-order chi connectivity index (χ1) is 5.92. The van der Waals surface area contributed by atoms with Crippen LogP contribution in [0.4, 0.5) is 0 Å². The fourth-order valence-electron chi connectivity index (χ4n) is 0.934. The number of H-pyrrole nitrogens is 1. The van der Waals surface area contributed by atoms with E-state index in [2.05, 4.69) is 26.3 Å². The molecule has 0 atom stereocenters. The van der Waals surface area contributed by atoms with E-state index in [4.69, 9.17) is 4.74 Å². The number of fused-ring (bicyclic) bond motifs is 1. The van der Waals surface area contributed by atoms with Crippen LogP contribution in [-0.2, 0) is 0 Å². The first-order valence-electron chi connectivity index (χ1n) is 3.61. The first kappa shape index (κ1) is 7.02. The van der Waals surface area contributed by atoms with Crippen molar-refractivity contribution in [2.24, 2.45) is 0 Å². The fourth-order valence-corrected chi connectivity index (χ4v) is 0.934. The van der Waals surface area contributed by atoms with Crippen molar-refractivity contribution in [3.8, 4) is 5.88 Å². The van der Waals surface area contributed by atoms with Crippen LogP contribution >= 0.6 is 0 Å². The molecule has 0 saturated carbocycles. The Kier molecular flexibility index (Phi) is 1.62. The number of ether oxygens (including phenoxy) is 1. The van der Waals surface area contributed by atoms with Crippen molar-refractivity contribution in [3.05, 3.63) is 12.7 Å². The van der Waals surface area contributed by atoms with E-state index >= 15 is 0 Å². The predicted molar refractivity (Wildman–Crippen MR) is 41.7 cm³/mol. The SMILES string of the molecule is CCOc1ncnc2[nH][c]nc12. The van der Waals surface area contributed by atoms with Gasteiger partial charge < -0.3 is 9.72 Å². The van der Waals surface area contributed by atoms with Gasteiger partial charge in [-0.2, -0.15) is 4.98 Å². The Balaban J connectivity index is 2.57. The zero-order chi connectivity index (χ0) is 8.39. The molecule has 1 radical (unpaired) electrons. The third kappa shape index (κ3) is 0.990. The minimum atomic E-state index is 0.500. The van der Waals surface area contributed by atoms with Crippen LogP contribution in [0.3, 0.4) is 0 Å². The Morgan fingerprint density at radius 2 is 2.50 bits per heavy atom. The van der Waals surface area contributed by atoms with Gasteiger partial charge in [0, 0.05) is 0 Å². The summed E-state index contributed by atoms with van der Waals surface area (Å²) in [4.78, 5) is 14.5. The lowest BCUT2D eigenvalue weighted by atomic mass is 10.5. The second-order valence-corrected chi connectivity index (χ2v) is 2.16. The Labute approximate surface area is 68.8 Å². The normalized spacial score (nSPS) is 10.4. The number of aromatic amines is 1. The van der Waals surface area contributed by atoms with Crippen molar-refractivity contribution >= 4 is 11.2 Å². The van der Waals surface area contributed by atoms with Crippen molar-refractivity contribution in [2.45, 2.75) is 6.92 Å². The highest BCUT2D eigenvalue weighted by Gasteiger charge is 2.05. The van der Waals surface area contributed by atoms with Crippen molar-refractivity contribution in [1.82, 2.24) is 19.9 Å². The van der Waals surface area contributed by atoms with E-state index in [0.29, 0.717) is 23.7 Å². The molecule has 0 bridgehead atoms. The molecule has 2 aromatic rings. The zero-order valence-corrected chi connectivity index (χ0v) is 6.53. The molecule has 0 aromatic carbocycles. The van der Waals surface area contributed by atoms with Crippen LogP contribution in [0.25, 0.3) is 11.2 Å². The fraction of sp³-hybridized carbons (Fsp3) is 0.286. The summed E-state index contributed by atoms with van der Waals surface area (Å²) in [6.07, 6.45) is 4.01. The summed E-state index contributed by atoms with van der Waals surface area (Å²) in [6.45, 7) is 2.46. The number of aromatic nitrogens is 4. The first-order valence-corrected chi connectivity index (χ1v) is 3.61. The molecular formula is C7H7N4O. The van der Waals surface area contributed by atoms with Crippen molar-refractivity contribution < 1.29 is 4.74 Å². The van der Waals surface area contributed by atoms with Gasteiger partial charge in [-0.15, -0.1) is 0 Å². The molecule has 0 aliphatic carbocycles. The summed E-state index contributed by atoms with van der Waals surface area (Å²) in [7, 11) is 0. The Morgan fingerprint density at radius 1 is 1.58 bits per heavy atom. The van der Waals surface area contributed by atoms with E-state index in [1.165, 1.54) is 6.33 Å². The third-order valence-corrected chi connectivity index (χ3v) is 1.41. The maximum Gasteiger partial charge on any atom is 0.245 e. The van der Waals surface area contributed by atoms with Crippen LogP contribution in [0, 0.1) is 6.33 Å². The highest BCUT2D eigenvalue weighted by Crippen LogP contribution is 2.15. The number of hydrogen-bond acceptors (Lipinski definition) is 4. The number of imidazole rings is 1. The number of rotatable bonds is 2. The lowest BCUT2D eigenvalue weighted by molar-refractivity contribution is 0.330. The molecule has 5 heteroatoms. The molecule has 0 saturated heterocycles.